The molecule has 1 fully saturated rings. The van der Waals surface area contributed by atoms with Crippen molar-refractivity contribution in [3.8, 4) is 0 Å². The molecule has 1 aliphatic rings. The first-order valence-corrected chi connectivity index (χ1v) is 5.35. The summed E-state index contributed by atoms with van der Waals surface area (Å²) in [5.74, 6) is 0.789. The molecule has 84 valence electrons. The van der Waals surface area contributed by atoms with Gasteiger partial charge in [-0.3, -0.25) is 0 Å². The molecule has 0 aromatic rings. The predicted molar refractivity (Wildman–Crippen MR) is 50.1 cm³/mol. The normalized spacial score (nSPS) is 18.2. The van der Waals surface area contributed by atoms with E-state index >= 15 is 0 Å². The van der Waals surface area contributed by atoms with Gasteiger partial charge in [0.15, 0.2) is 0 Å². The van der Waals surface area contributed by atoms with Crippen LogP contribution in [0.4, 0.5) is 13.2 Å². The van der Waals surface area contributed by atoms with E-state index in [0.29, 0.717) is 6.42 Å². The highest BCUT2D eigenvalue weighted by Gasteiger charge is 2.25. The molecule has 0 atom stereocenters. The Bertz CT molecular complexity index is 152. The van der Waals surface area contributed by atoms with Gasteiger partial charge in [-0.25, -0.2) is 0 Å². The predicted octanol–water partition coefficient (Wildman–Crippen LogP) is 3.11. The van der Waals surface area contributed by atoms with E-state index in [0.717, 1.165) is 19.0 Å². The summed E-state index contributed by atoms with van der Waals surface area (Å²) in [4.78, 5) is 0. The van der Waals surface area contributed by atoms with E-state index in [-0.39, 0.29) is 6.42 Å². The van der Waals surface area contributed by atoms with Gasteiger partial charge in [-0.15, -0.1) is 0 Å². The zero-order chi connectivity index (χ0) is 10.4. The highest BCUT2D eigenvalue weighted by atomic mass is 19.4. The van der Waals surface area contributed by atoms with Crippen LogP contribution in [0.5, 0.6) is 0 Å². The third kappa shape index (κ3) is 5.47. The minimum atomic E-state index is -3.98. The van der Waals surface area contributed by atoms with Gasteiger partial charge in [0.25, 0.3) is 0 Å². The van der Waals surface area contributed by atoms with Crippen LogP contribution >= 0.6 is 0 Å². The van der Waals surface area contributed by atoms with Crippen molar-refractivity contribution in [1.29, 1.82) is 0 Å². The van der Waals surface area contributed by atoms with Crippen molar-refractivity contribution in [2.75, 3.05) is 13.1 Å². The first kappa shape index (κ1) is 11.8. The van der Waals surface area contributed by atoms with Gasteiger partial charge in [0.2, 0.25) is 0 Å². The maximum atomic E-state index is 11.7. The Morgan fingerprint density at radius 1 is 1.14 bits per heavy atom. The van der Waals surface area contributed by atoms with Gasteiger partial charge >= 0.3 is 6.18 Å². The monoisotopic (exact) mass is 209 g/mol. The van der Waals surface area contributed by atoms with Gasteiger partial charge in [0.1, 0.15) is 0 Å². The second kappa shape index (κ2) is 5.59. The fraction of sp³-hybridized carbons (Fsp3) is 1.00. The van der Waals surface area contributed by atoms with Crippen LogP contribution in [0, 0.1) is 5.92 Å². The Balaban J connectivity index is 1.80. The van der Waals surface area contributed by atoms with E-state index in [2.05, 4.69) is 5.32 Å². The Labute approximate surface area is 83.1 Å². The van der Waals surface area contributed by atoms with Crippen LogP contribution in [0.1, 0.15) is 38.5 Å². The van der Waals surface area contributed by atoms with Gasteiger partial charge in [-0.2, -0.15) is 13.2 Å². The smallest absolute Gasteiger partial charge is 0.316 e. The average molecular weight is 209 g/mol. The Morgan fingerprint density at radius 2 is 1.86 bits per heavy atom. The molecular formula is C10H18F3N. The largest absolute Gasteiger partial charge is 0.389 e. The second-order valence-corrected chi connectivity index (χ2v) is 4.07. The van der Waals surface area contributed by atoms with Crippen LogP contribution < -0.4 is 5.32 Å². The number of hydrogen-bond acceptors (Lipinski definition) is 1. The van der Waals surface area contributed by atoms with E-state index in [4.69, 9.17) is 0 Å². The Kier molecular flexibility index (Phi) is 4.72. The zero-order valence-electron chi connectivity index (χ0n) is 8.37. The lowest BCUT2D eigenvalue weighted by molar-refractivity contribution is -0.135. The van der Waals surface area contributed by atoms with Crippen molar-refractivity contribution < 1.29 is 13.2 Å². The fourth-order valence-electron chi connectivity index (χ4n) is 1.58. The third-order valence-corrected chi connectivity index (χ3v) is 2.72. The van der Waals surface area contributed by atoms with Crippen LogP contribution in [-0.2, 0) is 0 Å². The molecule has 0 radical (unpaired) electrons. The number of unbranched alkanes of at least 4 members (excludes halogenated alkanes) is 1. The topological polar surface area (TPSA) is 12.0 Å². The molecule has 1 aliphatic carbocycles. The van der Waals surface area contributed by atoms with Gasteiger partial charge in [-0.05, 0) is 44.7 Å². The van der Waals surface area contributed by atoms with Crippen LogP contribution in [0.25, 0.3) is 0 Å². The molecule has 0 unspecified atom stereocenters. The van der Waals surface area contributed by atoms with E-state index < -0.39 is 12.6 Å². The molecule has 0 spiro atoms. The summed E-state index contributed by atoms with van der Waals surface area (Å²) >= 11 is 0. The highest BCUT2D eigenvalue weighted by molar-refractivity contribution is 4.71. The van der Waals surface area contributed by atoms with Crippen molar-refractivity contribution in [3.05, 3.63) is 0 Å². The lowest BCUT2D eigenvalue weighted by Gasteiger charge is -2.25. The van der Waals surface area contributed by atoms with Crippen molar-refractivity contribution in [2.24, 2.45) is 5.92 Å². The molecule has 0 aliphatic heterocycles. The van der Waals surface area contributed by atoms with Crippen LogP contribution in [0.3, 0.4) is 0 Å². The maximum absolute atomic E-state index is 11.7. The Hall–Kier alpha value is -0.250. The molecule has 0 saturated heterocycles. The summed E-state index contributed by atoms with van der Waals surface area (Å²) in [6.07, 6.45) is 0.158. The van der Waals surface area contributed by atoms with E-state index in [9.17, 15) is 13.2 Å². The Morgan fingerprint density at radius 3 is 2.36 bits per heavy atom. The molecule has 0 bridgehead atoms. The number of nitrogens with one attached hydrogen (secondary N) is 1. The van der Waals surface area contributed by atoms with Crippen molar-refractivity contribution in [3.63, 3.8) is 0 Å². The van der Waals surface area contributed by atoms with Gasteiger partial charge in [0, 0.05) is 6.42 Å². The number of rotatable bonds is 6. The van der Waals surface area contributed by atoms with Crippen molar-refractivity contribution >= 4 is 0 Å². The number of hydrogen-bond donors (Lipinski definition) is 1. The molecule has 1 nitrogen and oxygen atoms in total. The van der Waals surface area contributed by atoms with E-state index in [1.54, 1.807) is 0 Å². The van der Waals surface area contributed by atoms with Crippen LogP contribution in [0.2, 0.25) is 0 Å². The van der Waals surface area contributed by atoms with Crippen molar-refractivity contribution in [2.45, 2.75) is 44.7 Å². The fourth-order valence-corrected chi connectivity index (χ4v) is 1.58. The molecule has 0 heterocycles. The molecule has 14 heavy (non-hydrogen) atoms. The minimum Gasteiger partial charge on any atom is -0.316 e. The SMILES string of the molecule is FC(F)(F)CCCCNCC1CCC1. The molecule has 0 aromatic carbocycles. The van der Waals surface area contributed by atoms with Crippen LogP contribution in [0.15, 0.2) is 0 Å². The minimum absolute atomic E-state index is 0.251. The second-order valence-electron chi connectivity index (χ2n) is 4.07. The number of alkyl halides is 3. The summed E-state index contributed by atoms with van der Waals surface area (Å²) < 4.78 is 35.2. The first-order valence-electron chi connectivity index (χ1n) is 5.35. The van der Waals surface area contributed by atoms with Gasteiger partial charge in [-0.1, -0.05) is 6.42 Å². The molecule has 4 heteroatoms. The standard InChI is InChI=1S/C10H18F3N/c11-10(12,13)6-1-2-7-14-8-9-4-3-5-9/h9,14H,1-8H2. The summed E-state index contributed by atoms with van der Waals surface area (Å²) in [6.45, 7) is 1.72. The summed E-state index contributed by atoms with van der Waals surface area (Å²) in [5, 5.41) is 3.21. The van der Waals surface area contributed by atoms with Crippen LogP contribution in [-0.4, -0.2) is 19.3 Å². The molecule has 0 amide bonds. The molecule has 1 rings (SSSR count). The van der Waals surface area contributed by atoms with Crippen molar-refractivity contribution in [1.82, 2.24) is 5.32 Å². The maximum Gasteiger partial charge on any atom is 0.389 e. The lowest BCUT2D eigenvalue weighted by Crippen LogP contribution is -2.28. The lowest BCUT2D eigenvalue weighted by atomic mass is 9.85. The van der Waals surface area contributed by atoms with E-state index in [1.807, 2.05) is 0 Å². The molecule has 1 saturated carbocycles. The molecular weight excluding hydrogens is 191 g/mol. The highest BCUT2D eigenvalue weighted by Crippen LogP contribution is 2.25. The quantitative estimate of drug-likeness (QED) is 0.663. The molecule has 1 N–H and O–H groups in total. The van der Waals surface area contributed by atoms with Gasteiger partial charge in [0.05, 0.1) is 0 Å². The van der Waals surface area contributed by atoms with Gasteiger partial charge < -0.3 is 5.32 Å². The summed E-state index contributed by atoms with van der Waals surface area (Å²) in [7, 11) is 0. The zero-order valence-corrected chi connectivity index (χ0v) is 8.37. The van der Waals surface area contributed by atoms with E-state index in [1.165, 1.54) is 19.3 Å². The third-order valence-electron chi connectivity index (χ3n) is 2.72. The average Bonchev–Trinajstić information content (AvgIpc) is 1.97. The first-order chi connectivity index (χ1) is 6.58. The summed E-state index contributed by atoms with van der Waals surface area (Å²) in [5.41, 5.74) is 0. The summed E-state index contributed by atoms with van der Waals surface area (Å²) in [6, 6.07) is 0. The number of halogens is 3. The molecule has 0 aromatic heterocycles.